The van der Waals surface area contributed by atoms with E-state index in [0.29, 0.717) is 6.04 Å². The van der Waals surface area contributed by atoms with Crippen molar-refractivity contribution in [2.75, 3.05) is 19.7 Å². The summed E-state index contributed by atoms with van der Waals surface area (Å²) in [7, 11) is 0. The van der Waals surface area contributed by atoms with Gasteiger partial charge in [0.15, 0.2) is 0 Å². The van der Waals surface area contributed by atoms with Crippen LogP contribution in [0.2, 0.25) is 0 Å². The second kappa shape index (κ2) is 8.52. The average molecular weight is 341 g/mol. The van der Waals surface area contributed by atoms with Gasteiger partial charge in [0.25, 0.3) is 0 Å². The molecule has 1 heterocycles. The Hall–Kier alpha value is -0.810. The predicted molar refractivity (Wildman–Crippen MR) is 96.0 cm³/mol. The van der Waals surface area contributed by atoms with E-state index < -0.39 is 5.60 Å². The third-order valence-corrected chi connectivity index (χ3v) is 5.42. The lowest BCUT2D eigenvalue weighted by atomic mass is 9.74. The lowest BCUT2D eigenvalue weighted by Gasteiger charge is -2.39. The van der Waals surface area contributed by atoms with Gasteiger partial charge in [-0.3, -0.25) is 0 Å². The highest BCUT2D eigenvalue weighted by Crippen LogP contribution is 2.36. The van der Waals surface area contributed by atoms with Gasteiger partial charge in [-0.05, 0) is 78.1 Å². The second-order valence-electron chi connectivity index (χ2n) is 8.67. The summed E-state index contributed by atoms with van der Waals surface area (Å²) in [5, 5.41) is 12.7. The molecule has 0 aromatic carbocycles. The summed E-state index contributed by atoms with van der Waals surface area (Å²) in [5.41, 5.74) is -0.412. The van der Waals surface area contributed by atoms with Crippen molar-refractivity contribution in [1.29, 1.82) is 0 Å². The lowest BCUT2D eigenvalue weighted by molar-refractivity contribution is 0.0145. The number of carbonyl (C=O) groups excluding carboxylic acids is 1. The van der Waals surface area contributed by atoms with Crippen LogP contribution in [-0.4, -0.2) is 53.5 Å². The second-order valence-corrected chi connectivity index (χ2v) is 8.67. The fraction of sp³-hybridized carbons (Fsp3) is 0.947. The first-order chi connectivity index (χ1) is 11.3. The maximum Gasteiger partial charge on any atom is 0.410 e. The van der Waals surface area contributed by atoms with Crippen molar-refractivity contribution in [3.63, 3.8) is 0 Å². The molecule has 2 rings (SSSR count). The van der Waals surface area contributed by atoms with Crippen molar-refractivity contribution in [3.8, 4) is 0 Å². The number of nitrogens with zero attached hydrogens (tertiary/aromatic N) is 1. The molecular formula is C19H36N2O3. The first kappa shape index (κ1) is 19.5. The number of carbonyl (C=O) groups is 1. The molecule has 0 bridgehead atoms. The van der Waals surface area contributed by atoms with E-state index >= 15 is 0 Å². The van der Waals surface area contributed by atoms with Gasteiger partial charge in [0.1, 0.15) is 5.60 Å². The zero-order valence-electron chi connectivity index (χ0n) is 15.9. The van der Waals surface area contributed by atoms with Gasteiger partial charge < -0.3 is 20.1 Å². The van der Waals surface area contributed by atoms with Gasteiger partial charge in [0.2, 0.25) is 0 Å². The molecule has 2 N–H and O–H groups in total. The van der Waals surface area contributed by atoms with Crippen molar-refractivity contribution in [3.05, 3.63) is 0 Å². The maximum atomic E-state index is 12.1. The summed E-state index contributed by atoms with van der Waals surface area (Å²) in [6.45, 7) is 9.67. The van der Waals surface area contributed by atoms with Crippen LogP contribution in [0.5, 0.6) is 0 Å². The molecule has 0 spiro atoms. The van der Waals surface area contributed by atoms with Crippen LogP contribution in [0.25, 0.3) is 0 Å². The number of nitrogens with one attached hydrogen (secondary N) is 1. The smallest absolute Gasteiger partial charge is 0.410 e. The minimum atomic E-state index is -0.412. The number of hydrogen-bond donors (Lipinski definition) is 2. The van der Waals surface area contributed by atoms with Crippen LogP contribution >= 0.6 is 0 Å². The molecule has 1 saturated heterocycles. The van der Waals surface area contributed by atoms with E-state index in [2.05, 4.69) is 5.32 Å². The van der Waals surface area contributed by atoms with E-state index in [1.54, 1.807) is 0 Å². The summed E-state index contributed by atoms with van der Waals surface area (Å²) in [6.07, 6.45) is 7.01. The number of likely N-dealkylation sites (tertiary alicyclic amines) is 1. The maximum absolute atomic E-state index is 12.1. The molecule has 2 fully saturated rings. The number of hydrogen-bond acceptors (Lipinski definition) is 4. The SMILES string of the molecule is CC(CO)NC1CCC(C2CCN(C(=O)OC(C)(C)C)CC2)CC1. The molecule has 1 aliphatic heterocycles. The van der Waals surface area contributed by atoms with Gasteiger partial charge in [0.05, 0.1) is 6.61 Å². The minimum absolute atomic E-state index is 0.160. The number of aliphatic hydroxyl groups is 1. The van der Waals surface area contributed by atoms with Crippen LogP contribution in [0.15, 0.2) is 0 Å². The zero-order valence-corrected chi connectivity index (χ0v) is 15.9. The summed E-state index contributed by atoms with van der Waals surface area (Å²) in [5.74, 6) is 1.55. The number of ether oxygens (including phenoxy) is 1. The Morgan fingerprint density at radius 1 is 1.12 bits per heavy atom. The molecule has 2 aliphatic rings. The Kier molecular flexibility index (Phi) is 6.93. The van der Waals surface area contributed by atoms with E-state index in [9.17, 15) is 4.79 Å². The summed E-state index contributed by atoms with van der Waals surface area (Å²) in [4.78, 5) is 14.0. The van der Waals surface area contributed by atoms with E-state index in [-0.39, 0.29) is 18.7 Å². The van der Waals surface area contributed by atoms with Gasteiger partial charge in [-0.25, -0.2) is 4.79 Å². The minimum Gasteiger partial charge on any atom is -0.444 e. The summed E-state index contributed by atoms with van der Waals surface area (Å²) in [6, 6.07) is 0.758. The summed E-state index contributed by atoms with van der Waals surface area (Å²) >= 11 is 0. The Morgan fingerprint density at radius 2 is 1.67 bits per heavy atom. The summed E-state index contributed by atoms with van der Waals surface area (Å²) < 4.78 is 5.48. The van der Waals surface area contributed by atoms with Gasteiger partial charge in [-0.2, -0.15) is 0 Å². The van der Waals surface area contributed by atoms with E-state index in [1.807, 2.05) is 32.6 Å². The molecule has 0 aromatic heterocycles. The number of piperidine rings is 1. The molecule has 0 aromatic rings. The van der Waals surface area contributed by atoms with Crippen molar-refractivity contribution >= 4 is 6.09 Å². The molecule has 1 aliphatic carbocycles. The first-order valence-electron chi connectivity index (χ1n) is 9.63. The Labute approximate surface area is 147 Å². The van der Waals surface area contributed by atoms with E-state index in [4.69, 9.17) is 9.84 Å². The van der Waals surface area contributed by atoms with Gasteiger partial charge >= 0.3 is 6.09 Å². The normalized spacial score (nSPS) is 27.8. The largest absolute Gasteiger partial charge is 0.444 e. The van der Waals surface area contributed by atoms with E-state index in [0.717, 1.165) is 37.8 Å². The van der Waals surface area contributed by atoms with Gasteiger partial charge in [-0.15, -0.1) is 0 Å². The third-order valence-electron chi connectivity index (χ3n) is 5.42. The molecule has 5 heteroatoms. The van der Waals surface area contributed by atoms with Gasteiger partial charge in [0, 0.05) is 25.2 Å². The zero-order chi connectivity index (χ0) is 17.7. The highest BCUT2D eigenvalue weighted by atomic mass is 16.6. The van der Waals surface area contributed by atoms with Crippen molar-refractivity contribution < 1.29 is 14.6 Å². The average Bonchev–Trinajstić information content (AvgIpc) is 2.54. The molecule has 5 nitrogen and oxygen atoms in total. The Balaban J connectivity index is 1.71. The van der Waals surface area contributed by atoms with Crippen LogP contribution in [0.1, 0.15) is 66.2 Å². The molecule has 140 valence electrons. The fourth-order valence-corrected chi connectivity index (χ4v) is 4.09. The van der Waals surface area contributed by atoms with Gasteiger partial charge in [-0.1, -0.05) is 0 Å². The monoisotopic (exact) mass is 340 g/mol. The van der Waals surface area contributed by atoms with Crippen molar-refractivity contribution in [2.45, 2.75) is 83.9 Å². The highest BCUT2D eigenvalue weighted by Gasteiger charge is 2.32. The molecule has 1 atom stereocenters. The number of rotatable bonds is 4. The van der Waals surface area contributed by atoms with Crippen LogP contribution in [0.4, 0.5) is 4.79 Å². The molecule has 1 unspecified atom stereocenters. The quantitative estimate of drug-likeness (QED) is 0.825. The van der Waals surface area contributed by atoms with E-state index in [1.165, 1.54) is 25.7 Å². The predicted octanol–water partition coefficient (Wildman–Crippen LogP) is 3.16. The molecule has 24 heavy (non-hydrogen) atoms. The standard InChI is InChI=1S/C19H36N2O3/c1-14(13-22)20-17-7-5-15(6-8-17)16-9-11-21(12-10-16)18(23)24-19(2,3)4/h14-17,20,22H,5-13H2,1-4H3. The first-order valence-corrected chi connectivity index (χ1v) is 9.63. The molecule has 1 amide bonds. The molecular weight excluding hydrogens is 304 g/mol. The van der Waals surface area contributed by atoms with Crippen LogP contribution < -0.4 is 5.32 Å². The lowest BCUT2D eigenvalue weighted by Crippen LogP contribution is -2.44. The number of amides is 1. The van der Waals surface area contributed by atoms with Crippen molar-refractivity contribution in [2.24, 2.45) is 11.8 Å². The molecule has 1 saturated carbocycles. The topological polar surface area (TPSA) is 61.8 Å². The fourth-order valence-electron chi connectivity index (χ4n) is 4.09. The van der Waals surface area contributed by atoms with Crippen LogP contribution in [0.3, 0.4) is 0 Å². The highest BCUT2D eigenvalue weighted by molar-refractivity contribution is 5.68. The molecule has 0 radical (unpaired) electrons. The van der Waals surface area contributed by atoms with Crippen molar-refractivity contribution in [1.82, 2.24) is 10.2 Å². The Bertz CT molecular complexity index is 392. The van der Waals surface area contributed by atoms with Crippen LogP contribution in [0, 0.1) is 11.8 Å². The number of aliphatic hydroxyl groups excluding tert-OH is 1. The van der Waals surface area contributed by atoms with Crippen LogP contribution in [-0.2, 0) is 4.74 Å². The Morgan fingerprint density at radius 3 is 2.17 bits per heavy atom. The third kappa shape index (κ3) is 5.92.